The smallest absolute Gasteiger partial charge is 0.237 e. The molecule has 1 aromatic carbocycles. The van der Waals surface area contributed by atoms with Crippen molar-refractivity contribution in [1.82, 2.24) is 4.72 Å². The number of hydrogen-bond acceptors (Lipinski definition) is 4. The van der Waals surface area contributed by atoms with Gasteiger partial charge in [0.1, 0.15) is 12.4 Å². The molecular weight excluding hydrogens is 302 g/mol. The van der Waals surface area contributed by atoms with Crippen LogP contribution in [0, 0.1) is 0 Å². The second-order valence-corrected chi connectivity index (χ2v) is 6.39. The first-order chi connectivity index (χ1) is 9.38. The van der Waals surface area contributed by atoms with E-state index in [-0.39, 0.29) is 12.2 Å². The topological polar surface area (TPSA) is 72.5 Å². The molecule has 0 unspecified atom stereocenters. The molecule has 7 heteroatoms. The summed E-state index contributed by atoms with van der Waals surface area (Å²) in [6.45, 7) is 5.31. The first-order valence-electron chi connectivity index (χ1n) is 5.93. The van der Waals surface area contributed by atoms with Crippen molar-refractivity contribution in [3.63, 3.8) is 0 Å². The molecule has 0 radical (unpaired) electrons. The van der Waals surface area contributed by atoms with Crippen molar-refractivity contribution in [3.8, 4) is 5.75 Å². The number of rotatable bonds is 7. The van der Waals surface area contributed by atoms with E-state index in [4.69, 9.17) is 16.3 Å². The predicted octanol–water partition coefficient (Wildman–Crippen LogP) is 1.91. The fourth-order valence-electron chi connectivity index (χ4n) is 1.39. The molecule has 5 nitrogen and oxygen atoms in total. The van der Waals surface area contributed by atoms with Crippen molar-refractivity contribution in [2.75, 3.05) is 12.4 Å². The molecule has 0 aliphatic heterocycles. The van der Waals surface area contributed by atoms with Crippen molar-refractivity contribution < 1.29 is 17.9 Å². The lowest BCUT2D eigenvalue weighted by molar-refractivity contribution is -0.118. The maximum absolute atomic E-state index is 11.6. The lowest BCUT2D eigenvalue weighted by atomic mass is 10.1. The number of carbonyl (C=O) groups is 1. The summed E-state index contributed by atoms with van der Waals surface area (Å²) in [7, 11) is -3.54. The van der Waals surface area contributed by atoms with Crippen LogP contribution in [0.5, 0.6) is 5.75 Å². The number of halogens is 1. The minimum Gasteiger partial charge on any atom is -0.488 e. The van der Waals surface area contributed by atoms with E-state index in [2.05, 4.69) is 6.58 Å². The van der Waals surface area contributed by atoms with E-state index in [0.29, 0.717) is 22.9 Å². The zero-order chi connectivity index (χ0) is 15.2. The van der Waals surface area contributed by atoms with Gasteiger partial charge in [0.2, 0.25) is 15.9 Å². The fraction of sp³-hybridized carbons (Fsp3) is 0.308. The molecule has 1 amide bonds. The number of nitrogens with one attached hydrogen (secondary N) is 1. The van der Waals surface area contributed by atoms with Crippen LogP contribution in [0.4, 0.5) is 0 Å². The van der Waals surface area contributed by atoms with Crippen LogP contribution in [0.1, 0.15) is 12.5 Å². The molecule has 0 aliphatic rings. The molecule has 0 bridgehead atoms. The number of carbonyl (C=O) groups excluding carboxylic acids is 1. The normalized spacial score (nSPS) is 10.9. The van der Waals surface area contributed by atoms with E-state index >= 15 is 0 Å². The largest absolute Gasteiger partial charge is 0.488 e. The molecule has 0 saturated heterocycles. The van der Waals surface area contributed by atoms with Gasteiger partial charge in [0.05, 0.1) is 17.2 Å². The van der Waals surface area contributed by atoms with Crippen molar-refractivity contribution in [1.29, 1.82) is 0 Å². The van der Waals surface area contributed by atoms with E-state index in [0.717, 1.165) is 0 Å². The minimum absolute atomic E-state index is 0.0688. The first kappa shape index (κ1) is 16.5. The summed E-state index contributed by atoms with van der Waals surface area (Å²) >= 11 is 6.00. The molecule has 1 aromatic rings. The summed E-state index contributed by atoms with van der Waals surface area (Å²) in [5.41, 5.74) is 0.602. The Balaban J connectivity index is 2.72. The van der Waals surface area contributed by atoms with Gasteiger partial charge in [-0.1, -0.05) is 30.3 Å². The monoisotopic (exact) mass is 317 g/mol. The number of hydrogen-bond donors (Lipinski definition) is 1. The highest BCUT2D eigenvalue weighted by Crippen LogP contribution is 2.25. The van der Waals surface area contributed by atoms with Gasteiger partial charge in [-0.15, -0.1) is 0 Å². The third kappa shape index (κ3) is 5.22. The number of ether oxygens (including phenoxy) is 1. The highest BCUT2D eigenvalue weighted by Gasteiger charge is 2.13. The Morgan fingerprint density at radius 3 is 2.75 bits per heavy atom. The van der Waals surface area contributed by atoms with Crippen LogP contribution >= 0.6 is 11.6 Å². The Hall–Kier alpha value is -1.53. The number of benzene rings is 1. The van der Waals surface area contributed by atoms with Crippen molar-refractivity contribution in [2.24, 2.45) is 0 Å². The van der Waals surface area contributed by atoms with Crippen molar-refractivity contribution >= 4 is 27.5 Å². The summed E-state index contributed by atoms with van der Waals surface area (Å²) in [4.78, 5) is 11.6. The molecule has 0 heterocycles. The SMILES string of the molecule is C=CCOc1ccc(CC(=O)NS(=O)(=O)CC)cc1Cl. The Morgan fingerprint density at radius 2 is 2.20 bits per heavy atom. The van der Waals surface area contributed by atoms with Gasteiger partial charge in [-0.05, 0) is 24.6 Å². The van der Waals surface area contributed by atoms with E-state index in [9.17, 15) is 13.2 Å². The van der Waals surface area contributed by atoms with Crippen LogP contribution < -0.4 is 9.46 Å². The highest BCUT2D eigenvalue weighted by atomic mass is 35.5. The van der Waals surface area contributed by atoms with Gasteiger partial charge in [-0.3, -0.25) is 9.52 Å². The number of sulfonamides is 1. The zero-order valence-corrected chi connectivity index (χ0v) is 12.6. The quantitative estimate of drug-likeness (QED) is 0.780. The summed E-state index contributed by atoms with van der Waals surface area (Å²) in [5.74, 6) is -0.257. The van der Waals surface area contributed by atoms with Crippen LogP contribution in [-0.2, 0) is 21.2 Å². The molecule has 20 heavy (non-hydrogen) atoms. The summed E-state index contributed by atoms with van der Waals surface area (Å²) in [6.07, 6.45) is 1.52. The Morgan fingerprint density at radius 1 is 1.50 bits per heavy atom. The van der Waals surface area contributed by atoms with Gasteiger partial charge < -0.3 is 4.74 Å². The maximum Gasteiger partial charge on any atom is 0.237 e. The lowest BCUT2D eigenvalue weighted by Crippen LogP contribution is -2.32. The summed E-state index contributed by atoms with van der Waals surface area (Å²) < 4.78 is 29.8. The van der Waals surface area contributed by atoms with Gasteiger partial charge >= 0.3 is 0 Å². The van der Waals surface area contributed by atoms with Gasteiger partial charge in [-0.2, -0.15) is 0 Å². The third-order valence-electron chi connectivity index (χ3n) is 2.37. The highest BCUT2D eigenvalue weighted by molar-refractivity contribution is 7.90. The van der Waals surface area contributed by atoms with Crippen LogP contribution in [-0.4, -0.2) is 26.7 Å². The van der Waals surface area contributed by atoms with Crippen LogP contribution in [0.25, 0.3) is 0 Å². The average molecular weight is 318 g/mol. The molecule has 0 spiro atoms. The van der Waals surface area contributed by atoms with Crippen LogP contribution in [0.3, 0.4) is 0 Å². The van der Waals surface area contributed by atoms with Gasteiger partial charge in [0.25, 0.3) is 0 Å². The Bertz CT molecular complexity index is 598. The van der Waals surface area contributed by atoms with Gasteiger partial charge in [0, 0.05) is 0 Å². The molecule has 0 saturated carbocycles. The zero-order valence-electron chi connectivity index (χ0n) is 11.1. The van der Waals surface area contributed by atoms with Crippen LogP contribution in [0.2, 0.25) is 5.02 Å². The fourth-order valence-corrected chi connectivity index (χ4v) is 2.21. The van der Waals surface area contributed by atoms with E-state index in [1.807, 2.05) is 4.72 Å². The molecule has 1 N–H and O–H groups in total. The molecule has 0 aliphatic carbocycles. The van der Waals surface area contributed by atoms with Crippen LogP contribution in [0.15, 0.2) is 30.9 Å². The van der Waals surface area contributed by atoms with Gasteiger partial charge in [-0.25, -0.2) is 8.42 Å². The average Bonchev–Trinajstić information content (AvgIpc) is 2.37. The first-order valence-corrected chi connectivity index (χ1v) is 7.96. The summed E-state index contributed by atoms with van der Waals surface area (Å²) in [5, 5.41) is 0.357. The maximum atomic E-state index is 11.6. The molecule has 0 aromatic heterocycles. The van der Waals surface area contributed by atoms with E-state index < -0.39 is 15.9 Å². The third-order valence-corrected chi connectivity index (χ3v) is 3.96. The molecule has 110 valence electrons. The Labute approximate surface area is 123 Å². The second kappa shape index (κ2) is 7.31. The van der Waals surface area contributed by atoms with E-state index in [1.165, 1.54) is 6.92 Å². The standard InChI is InChI=1S/C13H16ClNO4S/c1-3-7-19-12-6-5-10(8-11(12)14)9-13(16)15-20(17,18)4-2/h3,5-6,8H,1,4,7,9H2,2H3,(H,15,16). The van der Waals surface area contributed by atoms with Gasteiger partial charge in [0.15, 0.2) is 0 Å². The molecule has 0 fully saturated rings. The molecule has 1 rings (SSSR count). The van der Waals surface area contributed by atoms with Crippen molar-refractivity contribution in [2.45, 2.75) is 13.3 Å². The Kier molecular flexibility index (Phi) is 6.04. The van der Waals surface area contributed by atoms with Crippen molar-refractivity contribution in [3.05, 3.63) is 41.4 Å². The minimum atomic E-state index is -3.54. The predicted molar refractivity (Wildman–Crippen MR) is 78.5 cm³/mol. The molecule has 0 atom stereocenters. The second-order valence-electron chi connectivity index (χ2n) is 3.97. The molecular formula is C13H16ClNO4S. The lowest BCUT2D eigenvalue weighted by Gasteiger charge is -2.08. The summed E-state index contributed by atoms with van der Waals surface area (Å²) in [6, 6.07) is 4.85. The van der Waals surface area contributed by atoms with E-state index in [1.54, 1.807) is 24.3 Å². The number of amides is 1.